The van der Waals surface area contributed by atoms with Gasteiger partial charge in [0.05, 0.1) is 39.2 Å². The topological polar surface area (TPSA) is 49.9 Å². The number of fused-ring (bicyclic) bond motifs is 8. The van der Waals surface area contributed by atoms with Crippen molar-refractivity contribution < 1.29 is 18.9 Å². The number of likely N-dealkylation sites (N-methyl/N-ethyl adjacent to an activating group) is 4. The Balaban J connectivity index is 2.07. The molecule has 72 heavy (non-hydrogen) atoms. The van der Waals surface area contributed by atoms with E-state index in [2.05, 4.69) is 132 Å². The van der Waals surface area contributed by atoms with Crippen LogP contribution in [0.4, 0.5) is 0 Å². The summed E-state index contributed by atoms with van der Waals surface area (Å²) < 4.78 is 28.2. The van der Waals surface area contributed by atoms with Crippen LogP contribution in [0.15, 0.2) is 87.7 Å². The van der Waals surface area contributed by atoms with Crippen molar-refractivity contribution in [1.29, 1.82) is 0 Å². The molecule has 0 spiro atoms. The second kappa shape index (κ2) is 23.9. The average Bonchev–Trinajstić information content (AvgIpc) is 3.25. The van der Waals surface area contributed by atoms with Gasteiger partial charge in [0.15, 0.2) is 0 Å². The lowest BCUT2D eigenvalue weighted by Crippen LogP contribution is -2.26. The van der Waals surface area contributed by atoms with E-state index in [0.717, 1.165) is 84.4 Å². The Kier molecular flexibility index (Phi) is 19.9. The van der Waals surface area contributed by atoms with Crippen LogP contribution in [0.3, 0.4) is 0 Å². The van der Waals surface area contributed by atoms with Crippen LogP contribution in [0.25, 0.3) is 0 Å². The second-order valence-electron chi connectivity index (χ2n) is 22.9. The molecule has 0 N–H and O–H groups in total. The molecule has 1 aliphatic rings. The predicted octanol–water partition coefficient (Wildman–Crippen LogP) is 14.9. The molecule has 8 nitrogen and oxygen atoms in total. The first-order valence-electron chi connectivity index (χ1n) is 23.9. The molecule has 392 valence electrons. The van der Waals surface area contributed by atoms with E-state index in [9.17, 15) is 0 Å². The fraction of sp³-hybridized carbons (Fsp3) is 0.500. The third kappa shape index (κ3) is 15.6. The van der Waals surface area contributed by atoms with Gasteiger partial charge in [0, 0.05) is 56.4 Å². The summed E-state index contributed by atoms with van der Waals surface area (Å²) >= 11 is 30.2. The molecule has 5 rings (SSSR count). The molecule has 8 bridgehead atoms. The third-order valence-electron chi connectivity index (χ3n) is 11.8. The first-order valence-corrected chi connectivity index (χ1v) is 28.8. The zero-order valence-corrected chi connectivity index (χ0v) is 52.7. The molecular weight excluding hydrogens is 1050 g/mol. The Hall–Kier alpha value is -2.96. The van der Waals surface area contributed by atoms with E-state index in [1.165, 1.54) is 0 Å². The predicted molar refractivity (Wildman–Crippen MR) is 324 cm³/mol. The fourth-order valence-electron chi connectivity index (χ4n) is 6.74. The number of nitrogens with zero attached hydrogens (tertiary/aromatic N) is 4. The molecule has 1 aliphatic heterocycles. The summed E-state index contributed by atoms with van der Waals surface area (Å²) in [6.07, 6.45) is 0. The molecule has 0 radical (unpaired) electrons. The molecule has 16 heteroatoms. The minimum atomic E-state index is -0.237. The highest BCUT2D eigenvalue weighted by atomic mass is 32.2. The molecular formula is C56H76N4O4S8. The van der Waals surface area contributed by atoms with Crippen LogP contribution in [0.1, 0.15) is 105 Å². The fourth-order valence-corrected chi connectivity index (χ4v) is 11.8. The molecule has 1 heterocycles. The Bertz CT molecular complexity index is 2230. The molecule has 4 aromatic carbocycles. The summed E-state index contributed by atoms with van der Waals surface area (Å²) in [5.41, 5.74) is 3.64. The van der Waals surface area contributed by atoms with Gasteiger partial charge in [0.25, 0.3) is 0 Å². The molecule has 0 saturated carbocycles. The van der Waals surface area contributed by atoms with Gasteiger partial charge in [-0.25, -0.2) is 0 Å². The minimum Gasteiger partial charge on any atom is -0.484 e. The summed E-state index contributed by atoms with van der Waals surface area (Å²) in [4.78, 5) is 17.8. The van der Waals surface area contributed by atoms with Gasteiger partial charge in [-0.3, -0.25) is 0 Å². The summed E-state index contributed by atoms with van der Waals surface area (Å²) in [5.74, 6) is 2.88. The standard InChI is InChI=1S/C56H76N4O4S8/c1-53(2,3)33-21-37-49(61-29-45(65)57(13)14)38(22-33)70-40-24-35(55(7,8)9)26-42(51(40)63-31-47(67)59(17)18)72-44-28-36(56(10,11)12)27-43(52(44)64-32-48(68)60(19)20)71-41-25-34(54(4,5)6)23-39(69-37)50(41)62-30-46(66)58(15)16/h21-28H,29-32H2,1-20H3. The van der Waals surface area contributed by atoms with Crippen LogP contribution >= 0.6 is 95.9 Å². The van der Waals surface area contributed by atoms with Gasteiger partial charge in [0.2, 0.25) is 0 Å². The van der Waals surface area contributed by atoms with Crippen LogP contribution < -0.4 is 18.9 Å². The molecule has 0 atom stereocenters. The van der Waals surface area contributed by atoms with Gasteiger partial charge in [-0.15, -0.1) is 0 Å². The van der Waals surface area contributed by atoms with Gasteiger partial charge < -0.3 is 38.5 Å². The highest BCUT2D eigenvalue weighted by molar-refractivity contribution is 8.01. The highest BCUT2D eigenvalue weighted by Crippen LogP contribution is 2.56. The zero-order valence-electron chi connectivity index (χ0n) is 46.1. The van der Waals surface area contributed by atoms with Crippen LogP contribution in [-0.2, 0) is 21.7 Å². The lowest BCUT2D eigenvalue weighted by Gasteiger charge is -2.29. The SMILES string of the molecule is CN(C)C(=S)COc1c2cc(C(C)(C)C)cc1Sc1cc(C(C)(C)C)cc(c1OCC(=S)N(C)C)Sc1cc(C(C)(C)C)cc(c1OCC(=S)N(C)C)Sc1cc(C(C)(C)C)cc(c1OCC(=S)N(C)C)S2. The van der Waals surface area contributed by atoms with Crippen molar-refractivity contribution in [3.8, 4) is 23.0 Å². The second-order valence-corrected chi connectivity index (χ2v) is 29.1. The van der Waals surface area contributed by atoms with Crippen LogP contribution in [0, 0.1) is 0 Å². The van der Waals surface area contributed by atoms with Gasteiger partial charge >= 0.3 is 0 Å². The monoisotopic (exact) mass is 1120 g/mol. The molecule has 0 saturated heterocycles. The van der Waals surface area contributed by atoms with E-state index >= 15 is 0 Å². The number of hydrogen-bond donors (Lipinski definition) is 0. The van der Waals surface area contributed by atoms with Crippen LogP contribution in [-0.4, -0.2) is 122 Å². The van der Waals surface area contributed by atoms with E-state index in [1.54, 1.807) is 47.0 Å². The molecule has 4 aromatic rings. The van der Waals surface area contributed by atoms with E-state index in [0.29, 0.717) is 20.0 Å². The normalized spacial score (nSPS) is 12.9. The number of thiocarbonyl (C=S) groups is 4. The van der Waals surface area contributed by atoms with Crippen molar-refractivity contribution in [2.75, 3.05) is 82.8 Å². The summed E-state index contributed by atoms with van der Waals surface area (Å²) in [7, 11) is 15.6. The lowest BCUT2D eigenvalue weighted by atomic mass is 9.87. The van der Waals surface area contributed by atoms with E-state index < -0.39 is 0 Å². The van der Waals surface area contributed by atoms with Gasteiger partial charge in [0.1, 0.15) is 69.4 Å². The first kappa shape index (κ1) is 59.9. The Morgan fingerprint density at radius 3 is 0.569 bits per heavy atom. The molecule has 0 aromatic heterocycles. The van der Waals surface area contributed by atoms with Crippen molar-refractivity contribution >= 4 is 116 Å². The Labute approximate surface area is 471 Å². The number of ether oxygens (including phenoxy) is 4. The largest absolute Gasteiger partial charge is 0.484 e. The Morgan fingerprint density at radius 2 is 0.458 bits per heavy atom. The van der Waals surface area contributed by atoms with Gasteiger partial charge in [-0.1, -0.05) is 179 Å². The summed E-state index contributed by atoms with van der Waals surface area (Å²) in [5, 5.41) is 0. The quantitative estimate of drug-likeness (QED) is 0.111. The highest BCUT2D eigenvalue weighted by Gasteiger charge is 2.31. The van der Waals surface area contributed by atoms with E-state index in [-0.39, 0.29) is 48.1 Å². The third-order valence-corrected chi connectivity index (χ3v) is 17.9. The van der Waals surface area contributed by atoms with Crippen molar-refractivity contribution in [3.63, 3.8) is 0 Å². The Morgan fingerprint density at radius 1 is 0.319 bits per heavy atom. The molecule has 0 unspecified atom stereocenters. The van der Waals surface area contributed by atoms with Crippen LogP contribution in [0.2, 0.25) is 0 Å². The van der Waals surface area contributed by atoms with E-state index in [4.69, 9.17) is 67.8 Å². The summed E-state index contributed by atoms with van der Waals surface area (Å²) in [6.45, 7) is 27.8. The van der Waals surface area contributed by atoms with Gasteiger partial charge in [-0.05, 0) is 92.4 Å². The van der Waals surface area contributed by atoms with Crippen molar-refractivity contribution in [3.05, 3.63) is 70.8 Å². The maximum atomic E-state index is 7.04. The minimum absolute atomic E-state index is 0.205. The van der Waals surface area contributed by atoms with Crippen molar-refractivity contribution in [2.24, 2.45) is 0 Å². The number of hydrogen-bond acceptors (Lipinski definition) is 12. The first-order chi connectivity index (χ1) is 33.1. The smallest absolute Gasteiger partial charge is 0.147 e. The molecule has 0 fully saturated rings. The number of benzene rings is 4. The lowest BCUT2D eigenvalue weighted by molar-refractivity contribution is 0.342. The van der Waals surface area contributed by atoms with Crippen molar-refractivity contribution in [2.45, 2.75) is 144 Å². The molecule has 0 amide bonds. The van der Waals surface area contributed by atoms with Gasteiger partial charge in [-0.2, -0.15) is 0 Å². The molecule has 0 aliphatic carbocycles. The van der Waals surface area contributed by atoms with Crippen LogP contribution in [0.5, 0.6) is 23.0 Å². The summed E-state index contributed by atoms with van der Waals surface area (Å²) in [6, 6.07) is 18.2. The maximum Gasteiger partial charge on any atom is 0.147 e. The van der Waals surface area contributed by atoms with Crippen molar-refractivity contribution in [1.82, 2.24) is 19.6 Å². The maximum absolute atomic E-state index is 7.04. The number of rotatable bonds is 12. The zero-order chi connectivity index (χ0) is 54.0. The average molecular weight is 1130 g/mol. The van der Waals surface area contributed by atoms with E-state index in [1.807, 2.05) is 76.0 Å².